The number of piperidine rings is 1. The van der Waals surface area contributed by atoms with E-state index in [1.807, 2.05) is 30.3 Å². The van der Waals surface area contributed by atoms with Gasteiger partial charge in [-0.3, -0.25) is 9.59 Å². The number of benzene rings is 1. The van der Waals surface area contributed by atoms with E-state index in [4.69, 9.17) is 9.47 Å². The molecule has 164 valence electrons. The molecule has 31 heavy (non-hydrogen) atoms. The number of hydrogen-bond acceptors (Lipinski definition) is 5. The minimum Gasteiger partial charge on any atom is -0.497 e. The zero-order valence-electron chi connectivity index (χ0n) is 17.6. The van der Waals surface area contributed by atoms with Gasteiger partial charge in [-0.15, -0.1) is 11.3 Å². The summed E-state index contributed by atoms with van der Waals surface area (Å²) in [5.74, 6) is 0.274. The molecule has 1 fully saturated rings. The zero-order chi connectivity index (χ0) is 22.0. The fourth-order valence-corrected chi connectivity index (χ4v) is 5.65. The number of ether oxygens (including phenoxy) is 2. The van der Waals surface area contributed by atoms with Gasteiger partial charge in [0.25, 0.3) is 5.91 Å². The second-order valence-electron chi connectivity index (χ2n) is 7.61. The normalized spacial score (nSPS) is 16.5. The number of carbonyl (C=O) groups is 2. The first kappa shape index (κ1) is 21.9. The first-order valence-corrected chi connectivity index (χ1v) is 12.0. The quantitative estimate of drug-likeness (QED) is 0.446. The van der Waals surface area contributed by atoms with Gasteiger partial charge in [-0.05, 0) is 65.5 Å². The van der Waals surface area contributed by atoms with Crippen LogP contribution < -0.4 is 4.74 Å². The van der Waals surface area contributed by atoms with E-state index in [1.54, 1.807) is 30.3 Å². The van der Waals surface area contributed by atoms with Gasteiger partial charge >= 0.3 is 5.97 Å². The van der Waals surface area contributed by atoms with E-state index in [-0.39, 0.29) is 17.8 Å². The van der Waals surface area contributed by atoms with Gasteiger partial charge in [0.1, 0.15) is 11.4 Å². The summed E-state index contributed by atoms with van der Waals surface area (Å²) in [6, 6.07) is 11.9. The van der Waals surface area contributed by atoms with Crippen LogP contribution in [-0.2, 0) is 16.1 Å². The molecular formula is C23H25BrN2O4S. The Morgan fingerprint density at radius 1 is 1.26 bits per heavy atom. The Hall–Kier alpha value is -2.32. The van der Waals surface area contributed by atoms with Gasteiger partial charge in [-0.1, -0.05) is 12.1 Å². The highest BCUT2D eigenvalue weighted by Gasteiger charge is 2.31. The van der Waals surface area contributed by atoms with E-state index in [9.17, 15) is 9.59 Å². The van der Waals surface area contributed by atoms with Crippen molar-refractivity contribution in [1.29, 1.82) is 0 Å². The maximum atomic E-state index is 13.5. The van der Waals surface area contributed by atoms with Crippen LogP contribution in [0.15, 0.2) is 40.2 Å². The number of nitrogens with zero attached hydrogens (tertiary/aromatic N) is 2. The van der Waals surface area contributed by atoms with Crippen molar-refractivity contribution < 1.29 is 19.1 Å². The number of hydrogen-bond donors (Lipinski definition) is 0. The van der Waals surface area contributed by atoms with Crippen molar-refractivity contribution in [2.24, 2.45) is 5.92 Å². The van der Waals surface area contributed by atoms with Crippen molar-refractivity contribution >= 4 is 49.4 Å². The molecular weight excluding hydrogens is 480 g/mol. The fraction of sp³-hybridized carbons (Fsp3) is 0.391. The van der Waals surface area contributed by atoms with Crippen LogP contribution in [0, 0.1) is 5.92 Å². The average Bonchev–Trinajstić information content (AvgIpc) is 3.30. The Bertz CT molecular complexity index is 1110. The van der Waals surface area contributed by atoms with Crippen LogP contribution in [0.5, 0.6) is 5.75 Å². The first-order valence-electron chi connectivity index (χ1n) is 10.4. The SMILES string of the molecule is CCOC(=O)[C@@H]1CCCN(C(=O)c2cc3sc(Br)cc3n2Cc2cccc(OC)c2)C1. The maximum absolute atomic E-state index is 13.5. The summed E-state index contributed by atoms with van der Waals surface area (Å²) in [5, 5.41) is 0. The van der Waals surface area contributed by atoms with E-state index in [0.717, 1.165) is 38.2 Å². The van der Waals surface area contributed by atoms with Crippen LogP contribution in [0.25, 0.3) is 10.2 Å². The Morgan fingerprint density at radius 3 is 2.87 bits per heavy atom. The number of rotatable bonds is 6. The third-order valence-corrected chi connectivity index (χ3v) is 7.16. The van der Waals surface area contributed by atoms with E-state index < -0.39 is 0 Å². The van der Waals surface area contributed by atoms with Crippen molar-refractivity contribution in [3.8, 4) is 5.75 Å². The number of methoxy groups -OCH3 is 1. The highest BCUT2D eigenvalue weighted by atomic mass is 79.9. The fourth-order valence-electron chi connectivity index (χ4n) is 4.09. The summed E-state index contributed by atoms with van der Waals surface area (Å²) in [4.78, 5) is 27.6. The molecule has 3 aromatic rings. The molecule has 6 nitrogen and oxygen atoms in total. The number of fused-ring (bicyclic) bond motifs is 1. The smallest absolute Gasteiger partial charge is 0.310 e. The van der Waals surface area contributed by atoms with Crippen LogP contribution in [0.3, 0.4) is 0 Å². The second-order valence-corrected chi connectivity index (χ2v) is 10.1. The summed E-state index contributed by atoms with van der Waals surface area (Å²) < 4.78 is 14.7. The zero-order valence-corrected chi connectivity index (χ0v) is 20.0. The van der Waals surface area contributed by atoms with Crippen LogP contribution in [0.2, 0.25) is 0 Å². The van der Waals surface area contributed by atoms with Crippen LogP contribution in [-0.4, -0.2) is 48.1 Å². The lowest BCUT2D eigenvalue weighted by atomic mass is 9.98. The predicted molar refractivity (Wildman–Crippen MR) is 125 cm³/mol. The van der Waals surface area contributed by atoms with Crippen molar-refractivity contribution in [2.75, 3.05) is 26.8 Å². The molecule has 2 aromatic heterocycles. The van der Waals surface area contributed by atoms with E-state index in [1.165, 1.54) is 0 Å². The molecule has 0 radical (unpaired) electrons. The predicted octanol–water partition coefficient (Wildman–Crippen LogP) is 4.94. The van der Waals surface area contributed by atoms with Gasteiger partial charge in [0.2, 0.25) is 0 Å². The van der Waals surface area contributed by atoms with Gasteiger partial charge in [0, 0.05) is 19.6 Å². The summed E-state index contributed by atoms with van der Waals surface area (Å²) in [6.07, 6.45) is 1.56. The minimum atomic E-state index is -0.255. The Morgan fingerprint density at radius 2 is 2.10 bits per heavy atom. The number of thiophene rings is 1. The molecule has 1 aromatic carbocycles. The molecule has 1 saturated heterocycles. The third kappa shape index (κ3) is 4.65. The number of carbonyl (C=O) groups excluding carboxylic acids is 2. The summed E-state index contributed by atoms with van der Waals surface area (Å²) in [6.45, 7) is 3.77. The molecule has 0 saturated carbocycles. The van der Waals surface area contributed by atoms with Gasteiger partial charge in [0.05, 0.1) is 33.6 Å². The molecule has 8 heteroatoms. The van der Waals surface area contributed by atoms with Crippen molar-refractivity contribution in [3.05, 3.63) is 51.4 Å². The number of likely N-dealkylation sites (tertiary alicyclic amines) is 1. The lowest BCUT2D eigenvalue weighted by molar-refractivity contribution is -0.149. The van der Waals surface area contributed by atoms with Crippen molar-refractivity contribution in [1.82, 2.24) is 9.47 Å². The van der Waals surface area contributed by atoms with Gasteiger partial charge < -0.3 is 18.9 Å². The molecule has 0 unspecified atom stereocenters. The largest absolute Gasteiger partial charge is 0.497 e. The molecule has 4 rings (SSSR count). The molecule has 0 bridgehead atoms. The molecule has 0 spiro atoms. The molecule has 1 aliphatic rings. The summed E-state index contributed by atoms with van der Waals surface area (Å²) in [7, 11) is 1.65. The van der Waals surface area contributed by atoms with Crippen LogP contribution >= 0.6 is 27.3 Å². The van der Waals surface area contributed by atoms with E-state index >= 15 is 0 Å². The van der Waals surface area contributed by atoms with E-state index in [0.29, 0.717) is 31.9 Å². The lowest BCUT2D eigenvalue weighted by Gasteiger charge is -2.31. The monoisotopic (exact) mass is 504 g/mol. The number of esters is 1. The lowest BCUT2D eigenvalue weighted by Crippen LogP contribution is -2.43. The summed E-state index contributed by atoms with van der Waals surface area (Å²) in [5.41, 5.74) is 2.71. The Kier molecular flexibility index (Phi) is 6.67. The Labute approximate surface area is 193 Å². The molecule has 0 aliphatic carbocycles. The maximum Gasteiger partial charge on any atom is 0.310 e. The first-order chi connectivity index (χ1) is 15.0. The van der Waals surface area contributed by atoms with Crippen molar-refractivity contribution in [3.63, 3.8) is 0 Å². The highest BCUT2D eigenvalue weighted by Crippen LogP contribution is 2.34. The van der Waals surface area contributed by atoms with Gasteiger partial charge in [-0.2, -0.15) is 0 Å². The number of halogens is 1. The molecule has 1 amide bonds. The molecule has 0 N–H and O–H groups in total. The van der Waals surface area contributed by atoms with Crippen LogP contribution in [0.1, 0.15) is 35.8 Å². The number of aromatic nitrogens is 1. The van der Waals surface area contributed by atoms with Crippen molar-refractivity contribution in [2.45, 2.75) is 26.3 Å². The van der Waals surface area contributed by atoms with Gasteiger partial charge in [0.15, 0.2) is 0 Å². The van der Waals surface area contributed by atoms with Gasteiger partial charge in [-0.25, -0.2) is 0 Å². The standard InChI is InChI=1S/C23H25BrN2O4S/c1-3-30-23(28)16-7-5-9-25(14-16)22(27)19-11-20-18(12-21(24)31-20)26(19)13-15-6-4-8-17(10-15)29-2/h4,6,8,10-12,16H,3,5,7,9,13-14H2,1-2H3/t16-/m1/s1. The highest BCUT2D eigenvalue weighted by molar-refractivity contribution is 9.11. The second kappa shape index (κ2) is 9.44. The molecule has 3 heterocycles. The molecule has 1 atom stereocenters. The molecule has 1 aliphatic heterocycles. The number of amides is 1. The Balaban J connectivity index is 1.65. The topological polar surface area (TPSA) is 60.8 Å². The van der Waals surface area contributed by atoms with E-state index in [2.05, 4.69) is 26.6 Å². The average molecular weight is 505 g/mol. The third-order valence-electron chi connectivity index (χ3n) is 5.58. The summed E-state index contributed by atoms with van der Waals surface area (Å²) >= 11 is 5.17. The van der Waals surface area contributed by atoms with Crippen LogP contribution in [0.4, 0.5) is 0 Å². The minimum absolute atomic E-state index is 0.0450.